The molecule has 1 saturated heterocycles. The lowest BCUT2D eigenvalue weighted by Gasteiger charge is -2.26. The van der Waals surface area contributed by atoms with Crippen LogP contribution >= 0.6 is 11.8 Å². The van der Waals surface area contributed by atoms with Gasteiger partial charge in [0.1, 0.15) is 0 Å². The predicted octanol–water partition coefficient (Wildman–Crippen LogP) is 2.74. The molecule has 0 spiro atoms. The van der Waals surface area contributed by atoms with E-state index in [0.717, 1.165) is 0 Å². The lowest BCUT2D eigenvalue weighted by atomic mass is 10.3. The minimum absolute atomic E-state index is 0.0188. The second-order valence-electron chi connectivity index (χ2n) is 6.54. The summed E-state index contributed by atoms with van der Waals surface area (Å²) in [5.41, 5.74) is 0.361. The monoisotopic (exact) mass is 451 g/mol. The molecule has 0 radical (unpaired) electrons. The smallest absolute Gasteiger partial charge is 0.269 e. The molecule has 11 heteroatoms. The number of carbonyl (C=O) groups is 1. The molecular weight excluding hydrogens is 430 g/mol. The summed E-state index contributed by atoms with van der Waals surface area (Å²) in [5.74, 6) is -0.306. The van der Waals surface area contributed by atoms with Crippen molar-refractivity contribution < 1.29 is 22.9 Å². The van der Waals surface area contributed by atoms with Gasteiger partial charge in [-0.15, -0.1) is 11.8 Å². The molecule has 2 aromatic rings. The molecular formula is C19H21N3O6S2. The number of nitro benzene ring substituents is 1. The number of amides is 1. The molecule has 1 heterocycles. The number of ether oxygens (including phenoxy) is 1. The summed E-state index contributed by atoms with van der Waals surface area (Å²) in [5, 5.41) is 13.0. The quantitative estimate of drug-likeness (QED) is 0.390. The third-order valence-electron chi connectivity index (χ3n) is 4.44. The van der Waals surface area contributed by atoms with Crippen LogP contribution in [0.2, 0.25) is 0 Å². The normalized spacial score (nSPS) is 16.0. The van der Waals surface area contributed by atoms with Crippen LogP contribution in [-0.4, -0.2) is 55.1 Å². The number of hydrogen-bond donors (Lipinski definition) is 1. The second kappa shape index (κ2) is 9.56. The van der Waals surface area contributed by atoms with Gasteiger partial charge in [-0.25, -0.2) is 8.42 Å². The van der Waals surface area contributed by atoms with Crippen molar-refractivity contribution in [2.45, 2.75) is 22.0 Å². The molecule has 0 aromatic heterocycles. The molecule has 9 nitrogen and oxygen atoms in total. The molecule has 0 saturated carbocycles. The number of benzene rings is 2. The van der Waals surface area contributed by atoms with Crippen LogP contribution in [0.4, 0.5) is 11.4 Å². The first-order valence-electron chi connectivity index (χ1n) is 9.17. The first kappa shape index (κ1) is 22.2. The van der Waals surface area contributed by atoms with E-state index in [1.807, 2.05) is 0 Å². The van der Waals surface area contributed by atoms with Gasteiger partial charge < -0.3 is 10.1 Å². The first-order valence-corrected chi connectivity index (χ1v) is 11.5. The van der Waals surface area contributed by atoms with Crippen molar-refractivity contribution in [3.63, 3.8) is 0 Å². The van der Waals surface area contributed by atoms with Gasteiger partial charge in [-0.3, -0.25) is 14.9 Å². The number of thioether (sulfide) groups is 1. The Morgan fingerprint density at radius 1 is 1.20 bits per heavy atom. The summed E-state index contributed by atoms with van der Waals surface area (Å²) in [6.45, 7) is 3.00. The van der Waals surface area contributed by atoms with Crippen LogP contribution in [-0.2, 0) is 19.6 Å². The molecule has 0 bridgehead atoms. The summed E-state index contributed by atoms with van der Waals surface area (Å²) in [7, 11) is -3.66. The summed E-state index contributed by atoms with van der Waals surface area (Å²) >= 11 is 1.25. The molecule has 1 aliphatic rings. The zero-order valence-electron chi connectivity index (χ0n) is 16.2. The van der Waals surface area contributed by atoms with Gasteiger partial charge in [-0.05, 0) is 37.3 Å². The zero-order chi connectivity index (χ0) is 21.7. The van der Waals surface area contributed by atoms with Crippen molar-refractivity contribution >= 4 is 39.1 Å². The number of morpholine rings is 1. The van der Waals surface area contributed by atoms with E-state index in [0.29, 0.717) is 36.9 Å². The number of sulfonamides is 1. The van der Waals surface area contributed by atoms with Gasteiger partial charge in [-0.2, -0.15) is 4.31 Å². The fourth-order valence-corrected chi connectivity index (χ4v) is 5.14. The number of non-ortho nitro benzene ring substituents is 1. The summed E-state index contributed by atoms with van der Waals surface area (Å²) in [6, 6.07) is 12.1. The predicted molar refractivity (Wildman–Crippen MR) is 113 cm³/mol. The molecule has 1 N–H and O–H groups in total. The third kappa shape index (κ3) is 5.36. The van der Waals surface area contributed by atoms with E-state index < -0.39 is 20.2 Å². The van der Waals surface area contributed by atoms with E-state index in [4.69, 9.17) is 4.74 Å². The largest absolute Gasteiger partial charge is 0.379 e. The van der Waals surface area contributed by atoms with Gasteiger partial charge in [0, 0.05) is 35.8 Å². The fourth-order valence-electron chi connectivity index (χ4n) is 2.82. The maximum Gasteiger partial charge on any atom is 0.269 e. The Morgan fingerprint density at radius 3 is 2.50 bits per heavy atom. The Kier molecular flexibility index (Phi) is 7.08. The minimum Gasteiger partial charge on any atom is -0.379 e. The van der Waals surface area contributed by atoms with Crippen LogP contribution in [0.25, 0.3) is 0 Å². The Labute approximate surface area is 178 Å². The molecule has 0 aliphatic carbocycles. The van der Waals surface area contributed by atoms with Gasteiger partial charge in [0.25, 0.3) is 5.69 Å². The van der Waals surface area contributed by atoms with Gasteiger partial charge >= 0.3 is 0 Å². The number of rotatable bonds is 7. The fraction of sp³-hybridized carbons (Fsp3) is 0.316. The van der Waals surface area contributed by atoms with Crippen LogP contribution in [0.3, 0.4) is 0 Å². The Balaban J connectivity index is 1.66. The van der Waals surface area contributed by atoms with Crippen molar-refractivity contribution in [1.82, 2.24) is 4.31 Å². The lowest BCUT2D eigenvalue weighted by molar-refractivity contribution is -0.384. The highest BCUT2D eigenvalue weighted by molar-refractivity contribution is 8.00. The Bertz CT molecular complexity index is 1020. The number of carbonyl (C=O) groups excluding carboxylic acids is 1. The van der Waals surface area contributed by atoms with Crippen LogP contribution < -0.4 is 5.32 Å². The van der Waals surface area contributed by atoms with Crippen LogP contribution in [0.5, 0.6) is 0 Å². The second-order valence-corrected chi connectivity index (χ2v) is 9.90. The molecule has 2 aromatic carbocycles. The molecule has 1 aliphatic heterocycles. The summed E-state index contributed by atoms with van der Waals surface area (Å²) in [4.78, 5) is 23.6. The molecule has 30 heavy (non-hydrogen) atoms. The zero-order valence-corrected chi connectivity index (χ0v) is 17.8. The topological polar surface area (TPSA) is 119 Å². The van der Waals surface area contributed by atoms with Crippen molar-refractivity contribution in [3.8, 4) is 0 Å². The van der Waals surface area contributed by atoms with Crippen molar-refractivity contribution in [3.05, 3.63) is 58.6 Å². The van der Waals surface area contributed by atoms with E-state index in [9.17, 15) is 23.3 Å². The van der Waals surface area contributed by atoms with Crippen LogP contribution in [0.15, 0.2) is 58.3 Å². The van der Waals surface area contributed by atoms with Crippen molar-refractivity contribution in [2.24, 2.45) is 0 Å². The molecule has 1 fully saturated rings. The van der Waals surface area contributed by atoms with Crippen LogP contribution in [0.1, 0.15) is 6.92 Å². The number of anilines is 1. The highest BCUT2D eigenvalue weighted by Crippen LogP contribution is 2.27. The van der Waals surface area contributed by atoms with Crippen molar-refractivity contribution in [1.29, 1.82) is 0 Å². The maximum absolute atomic E-state index is 12.8. The number of nitrogens with one attached hydrogen (secondary N) is 1. The standard InChI is InChI=1S/C19H21N3O6S2/c1-14(29-17-7-5-16(6-8-17)22(24)25)19(23)20-15-3-2-4-18(13-15)30(26,27)21-9-11-28-12-10-21/h2-8,13-14H,9-12H2,1H3,(H,20,23). The van der Waals surface area contributed by atoms with Crippen molar-refractivity contribution in [2.75, 3.05) is 31.6 Å². The molecule has 1 amide bonds. The Morgan fingerprint density at radius 2 is 1.87 bits per heavy atom. The van der Waals surface area contributed by atoms with Gasteiger partial charge in [0.2, 0.25) is 15.9 Å². The van der Waals surface area contributed by atoms with Gasteiger partial charge in [0.05, 0.1) is 28.3 Å². The molecule has 3 rings (SSSR count). The number of nitrogens with zero attached hydrogens (tertiary/aromatic N) is 2. The molecule has 1 unspecified atom stereocenters. The van der Waals surface area contributed by atoms with E-state index in [-0.39, 0.29) is 16.5 Å². The summed E-state index contributed by atoms with van der Waals surface area (Å²) < 4.78 is 32.1. The highest BCUT2D eigenvalue weighted by atomic mass is 32.2. The SMILES string of the molecule is CC(Sc1ccc([N+](=O)[O-])cc1)C(=O)Nc1cccc(S(=O)(=O)N2CCOCC2)c1. The van der Waals surface area contributed by atoms with E-state index in [1.165, 1.54) is 40.3 Å². The van der Waals surface area contributed by atoms with Crippen LogP contribution in [0, 0.1) is 10.1 Å². The van der Waals surface area contributed by atoms with E-state index in [1.54, 1.807) is 31.2 Å². The highest BCUT2D eigenvalue weighted by Gasteiger charge is 2.26. The van der Waals surface area contributed by atoms with E-state index >= 15 is 0 Å². The summed E-state index contributed by atoms with van der Waals surface area (Å²) in [6.07, 6.45) is 0. The number of nitro groups is 1. The molecule has 1 atom stereocenters. The average Bonchev–Trinajstić information content (AvgIpc) is 2.75. The molecule has 160 valence electrons. The van der Waals surface area contributed by atoms with Gasteiger partial charge in [-0.1, -0.05) is 6.07 Å². The lowest BCUT2D eigenvalue weighted by Crippen LogP contribution is -2.40. The maximum atomic E-state index is 12.8. The first-order chi connectivity index (χ1) is 14.3. The van der Waals surface area contributed by atoms with E-state index in [2.05, 4.69) is 5.32 Å². The average molecular weight is 452 g/mol. The minimum atomic E-state index is -3.66. The van der Waals surface area contributed by atoms with Gasteiger partial charge in [0.15, 0.2) is 0 Å². The third-order valence-corrected chi connectivity index (χ3v) is 7.45. The Hall–Kier alpha value is -2.47. The number of hydrogen-bond acceptors (Lipinski definition) is 7.